The molecular weight excluding hydrogens is 340 g/mol. The monoisotopic (exact) mass is 358 g/mol. The molecule has 9 heteroatoms. The molecule has 2 aromatic rings. The van der Waals surface area contributed by atoms with Crippen LogP contribution in [0.25, 0.3) is 0 Å². The molecule has 26 heavy (non-hydrogen) atoms. The number of hydrogen-bond donors (Lipinski definition) is 3. The predicted molar refractivity (Wildman–Crippen MR) is 95.1 cm³/mol. The minimum atomic E-state index is -0.644. The number of nitrogens with two attached hydrogens (primary N) is 1. The van der Waals surface area contributed by atoms with E-state index in [1.807, 2.05) is 0 Å². The standard InChI is InChI=1S/C17H18N4O5/c18-17(23)12-5-1-4-8-15(12)26-11-16(22)20-10-9-19-13-6-2-3-7-14(13)21(24)25/h1-8,19H,9-11H2,(H2,18,23)(H,20,22). The maximum atomic E-state index is 11.8. The molecule has 0 aliphatic heterocycles. The fourth-order valence-electron chi connectivity index (χ4n) is 2.17. The summed E-state index contributed by atoms with van der Waals surface area (Å²) in [7, 11) is 0. The molecule has 0 saturated carbocycles. The molecule has 0 aliphatic rings. The van der Waals surface area contributed by atoms with Gasteiger partial charge in [-0.2, -0.15) is 0 Å². The van der Waals surface area contributed by atoms with Crippen molar-refractivity contribution in [3.05, 3.63) is 64.2 Å². The summed E-state index contributed by atoms with van der Waals surface area (Å²) in [6, 6.07) is 12.6. The van der Waals surface area contributed by atoms with Crippen LogP contribution in [-0.4, -0.2) is 36.4 Å². The summed E-state index contributed by atoms with van der Waals surface area (Å²) in [5.74, 6) is -0.809. The lowest BCUT2D eigenvalue weighted by molar-refractivity contribution is -0.384. The van der Waals surface area contributed by atoms with Gasteiger partial charge in [-0.05, 0) is 18.2 Å². The topological polar surface area (TPSA) is 137 Å². The number of ether oxygens (including phenoxy) is 1. The van der Waals surface area contributed by atoms with Crippen LogP contribution < -0.4 is 21.1 Å². The number of carbonyl (C=O) groups excluding carboxylic acids is 2. The molecule has 0 fully saturated rings. The van der Waals surface area contributed by atoms with Crippen molar-refractivity contribution in [2.24, 2.45) is 5.73 Å². The van der Waals surface area contributed by atoms with Gasteiger partial charge in [0, 0.05) is 19.2 Å². The first kappa shape index (κ1) is 18.7. The SMILES string of the molecule is NC(=O)c1ccccc1OCC(=O)NCCNc1ccccc1[N+](=O)[O-]. The number of nitro benzene ring substituents is 1. The highest BCUT2D eigenvalue weighted by atomic mass is 16.6. The number of hydrogen-bond acceptors (Lipinski definition) is 6. The van der Waals surface area contributed by atoms with Gasteiger partial charge in [0.25, 0.3) is 17.5 Å². The molecule has 0 aliphatic carbocycles. The van der Waals surface area contributed by atoms with Crippen LogP contribution in [0, 0.1) is 10.1 Å². The fourth-order valence-corrected chi connectivity index (χ4v) is 2.17. The van der Waals surface area contributed by atoms with E-state index in [0.717, 1.165) is 0 Å². The fraction of sp³-hybridized carbons (Fsp3) is 0.176. The zero-order valence-corrected chi connectivity index (χ0v) is 13.8. The van der Waals surface area contributed by atoms with Gasteiger partial charge in [0.15, 0.2) is 6.61 Å². The first-order valence-electron chi connectivity index (χ1n) is 7.74. The van der Waals surface area contributed by atoms with Crippen molar-refractivity contribution in [3.8, 4) is 5.75 Å². The summed E-state index contributed by atoms with van der Waals surface area (Å²) >= 11 is 0. The van der Waals surface area contributed by atoms with Crippen molar-refractivity contribution < 1.29 is 19.2 Å². The van der Waals surface area contributed by atoms with Crippen LogP contribution in [0.5, 0.6) is 5.75 Å². The summed E-state index contributed by atoms with van der Waals surface area (Å²) in [5, 5.41) is 16.4. The molecule has 0 atom stereocenters. The van der Waals surface area contributed by atoms with Crippen LogP contribution in [0.3, 0.4) is 0 Å². The Bertz CT molecular complexity index is 809. The molecule has 0 heterocycles. The van der Waals surface area contributed by atoms with Crippen molar-refractivity contribution in [1.29, 1.82) is 0 Å². The molecule has 2 amide bonds. The number of primary amides is 1. The first-order chi connectivity index (χ1) is 12.5. The molecule has 0 radical (unpaired) electrons. The van der Waals surface area contributed by atoms with E-state index in [-0.39, 0.29) is 30.2 Å². The highest BCUT2D eigenvalue weighted by Crippen LogP contribution is 2.22. The van der Waals surface area contributed by atoms with Gasteiger partial charge in [-0.15, -0.1) is 0 Å². The largest absolute Gasteiger partial charge is 0.483 e. The van der Waals surface area contributed by atoms with E-state index in [4.69, 9.17) is 10.5 Å². The Morgan fingerprint density at radius 3 is 2.50 bits per heavy atom. The van der Waals surface area contributed by atoms with Crippen molar-refractivity contribution >= 4 is 23.2 Å². The Kier molecular flexibility index (Phi) is 6.49. The first-order valence-corrected chi connectivity index (χ1v) is 7.74. The lowest BCUT2D eigenvalue weighted by atomic mass is 10.2. The normalized spacial score (nSPS) is 10.0. The van der Waals surface area contributed by atoms with E-state index in [1.54, 1.807) is 36.4 Å². The Morgan fingerprint density at radius 1 is 1.08 bits per heavy atom. The maximum Gasteiger partial charge on any atom is 0.292 e. The molecule has 0 bridgehead atoms. The Labute approximate surface area is 149 Å². The Hall–Kier alpha value is -3.62. The molecule has 2 aromatic carbocycles. The van der Waals surface area contributed by atoms with Gasteiger partial charge in [-0.3, -0.25) is 19.7 Å². The second kappa shape index (κ2) is 9.02. The van der Waals surface area contributed by atoms with Gasteiger partial charge in [0.05, 0.1) is 10.5 Å². The minimum Gasteiger partial charge on any atom is -0.483 e. The summed E-state index contributed by atoms with van der Waals surface area (Å²) in [6.07, 6.45) is 0. The average Bonchev–Trinajstić information content (AvgIpc) is 2.64. The van der Waals surface area contributed by atoms with Crippen LogP contribution >= 0.6 is 0 Å². The Balaban J connectivity index is 1.77. The van der Waals surface area contributed by atoms with E-state index in [0.29, 0.717) is 12.2 Å². The number of rotatable bonds is 9. The van der Waals surface area contributed by atoms with Crippen molar-refractivity contribution in [2.75, 3.05) is 25.0 Å². The third kappa shape index (κ3) is 5.20. The van der Waals surface area contributed by atoms with Crippen LogP contribution in [-0.2, 0) is 4.79 Å². The summed E-state index contributed by atoms with van der Waals surface area (Å²) in [6.45, 7) is 0.260. The highest BCUT2D eigenvalue weighted by molar-refractivity contribution is 5.95. The zero-order valence-electron chi connectivity index (χ0n) is 13.8. The van der Waals surface area contributed by atoms with E-state index < -0.39 is 16.7 Å². The minimum absolute atomic E-state index is 0.0368. The number of anilines is 1. The number of nitrogens with zero attached hydrogens (tertiary/aromatic N) is 1. The molecule has 0 saturated heterocycles. The van der Waals surface area contributed by atoms with Gasteiger partial charge in [0.1, 0.15) is 11.4 Å². The van der Waals surface area contributed by atoms with Gasteiger partial charge in [-0.25, -0.2) is 0 Å². The van der Waals surface area contributed by atoms with Gasteiger partial charge < -0.3 is 21.1 Å². The van der Waals surface area contributed by atoms with E-state index in [1.165, 1.54) is 12.1 Å². The van der Waals surface area contributed by atoms with E-state index >= 15 is 0 Å². The number of carbonyl (C=O) groups is 2. The summed E-state index contributed by atoms with van der Waals surface area (Å²) in [5.41, 5.74) is 5.76. The lowest BCUT2D eigenvalue weighted by Crippen LogP contribution is -2.33. The number of para-hydroxylation sites is 3. The smallest absolute Gasteiger partial charge is 0.292 e. The summed E-state index contributed by atoms with van der Waals surface area (Å²) in [4.78, 5) is 33.5. The second-order valence-electron chi connectivity index (χ2n) is 5.20. The molecule has 0 unspecified atom stereocenters. The second-order valence-corrected chi connectivity index (χ2v) is 5.20. The predicted octanol–water partition coefficient (Wildman–Crippen LogP) is 1.30. The van der Waals surface area contributed by atoms with E-state index in [2.05, 4.69) is 10.6 Å². The third-order valence-electron chi connectivity index (χ3n) is 3.37. The summed E-state index contributed by atoms with van der Waals surface area (Å²) < 4.78 is 5.30. The third-order valence-corrected chi connectivity index (χ3v) is 3.37. The zero-order chi connectivity index (χ0) is 18.9. The molecule has 136 valence electrons. The van der Waals surface area contributed by atoms with Crippen LogP contribution in [0.15, 0.2) is 48.5 Å². The molecular formula is C17H18N4O5. The molecule has 9 nitrogen and oxygen atoms in total. The van der Waals surface area contributed by atoms with Gasteiger partial charge >= 0.3 is 0 Å². The molecule has 4 N–H and O–H groups in total. The van der Waals surface area contributed by atoms with Crippen molar-refractivity contribution in [3.63, 3.8) is 0 Å². The van der Waals surface area contributed by atoms with Crippen LogP contribution in [0.4, 0.5) is 11.4 Å². The number of benzene rings is 2. The van der Waals surface area contributed by atoms with Crippen LogP contribution in [0.1, 0.15) is 10.4 Å². The van der Waals surface area contributed by atoms with Gasteiger partial charge in [0.2, 0.25) is 0 Å². The van der Waals surface area contributed by atoms with E-state index in [9.17, 15) is 19.7 Å². The molecule has 2 rings (SSSR count). The number of nitrogens with one attached hydrogen (secondary N) is 2. The molecule has 0 spiro atoms. The lowest BCUT2D eigenvalue weighted by Gasteiger charge is -2.10. The quantitative estimate of drug-likeness (QED) is 0.351. The van der Waals surface area contributed by atoms with Gasteiger partial charge in [-0.1, -0.05) is 24.3 Å². The van der Waals surface area contributed by atoms with Crippen molar-refractivity contribution in [2.45, 2.75) is 0 Å². The van der Waals surface area contributed by atoms with Crippen molar-refractivity contribution in [1.82, 2.24) is 5.32 Å². The molecule has 0 aromatic heterocycles. The average molecular weight is 358 g/mol. The van der Waals surface area contributed by atoms with Crippen LogP contribution in [0.2, 0.25) is 0 Å². The number of nitro groups is 1. The maximum absolute atomic E-state index is 11.8. The highest BCUT2D eigenvalue weighted by Gasteiger charge is 2.12. The Morgan fingerprint density at radius 2 is 1.77 bits per heavy atom. The number of amides is 2.